The van der Waals surface area contributed by atoms with Crippen LogP contribution in [-0.2, 0) is 4.79 Å². The molecule has 9 nitrogen and oxygen atoms in total. The summed E-state index contributed by atoms with van der Waals surface area (Å²) in [6, 6.07) is 7.74. The Morgan fingerprint density at radius 1 is 1.46 bits per heavy atom. The maximum absolute atomic E-state index is 11.6. The topological polar surface area (TPSA) is 116 Å². The van der Waals surface area contributed by atoms with E-state index in [0.29, 0.717) is 11.5 Å². The number of nitrogens with one attached hydrogen (secondary N) is 1. The molecule has 0 bridgehead atoms. The van der Waals surface area contributed by atoms with Gasteiger partial charge in [0.25, 0.3) is 5.91 Å². The van der Waals surface area contributed by atoms with E-state index in [1.165, 1.54) is 12.1 Å². The van der Waals surface area contributed by atoms with Crippen LogP contribution in [0.4, 0.5) is 5.88 Å². The van der Waals surface area contributed by atoms with Gasteiger partial charge in [0.1, 0.15) is 16.4 Å². The third kappa shape index (κ3) is 4.94. The van der Waals surface area contributed by atoms with Gasteiger partial charge in [0, 0.05) is 0 Å². The molecule has 1 amide bonds. The summed E-state index contributed by atoms with van der Waals surface area (Å²) in [6.07, 6.45) is 1.15. The molecule has 2 rings (SSSR count). The standard InChI is InChI=1S/C14H12IN3O6/c1-22-9-2-4-12(11(15)6-9)23-8-13(19)17-16-7-10-3-5-14(24-10)18(20)21/h2-7H,8H2,1H3,(H,17,19). The van der Waals surface area contributed by atoms with Crippen molar-refractivity contribution in [3.05, 3.63) is 49.8 Å². The first-order chi connectivity index (χ1) is 11.5. The summed E-state index contributed by atoms with van der Waals surface area (Å²) in [6.45, 7) is -0.238. The highest BCUT2D eigenvalue weighted by Crippen LogP contribution is 2.25. The minimum Gasteiger partial charge on any atom is -0.497 e. The van der Waals surface area contributed by atoms with Crippen molar-refractivity contribution in [3.63, 3.8) is 0 Å². The van der Waals surface area contributed by atoms with Crippen LogP contribution < -0.4 is 14.9 Å². The first-order valence-corrected chi connectivity index (χ1v) is 7.60. The first-order valence-electron chi connectivity index (χ1n) is 6.52. The van der Waals surface area contributed by atoms with Crippen LogP contribution in [0.1, 0.15) is 5.76 Å². The number of hydrogen-bond acceptors (Lipinski definition) is 7. The zero-order chi connectivity index (χ0) is 17.5. The predicted molar refractivity (Wildman–Crippen MR) is 92.3 cm³/mol. The lowest BCUT2D eigenvalue weighted by atomic mass is 10.3. The summed E-state index contributed by atoms with van der Waals surface area (Å²) >= 11 is 2.07. The quantitative estimate of drug-likeness (QED) is 0.303. The maximum Gasteiger partial charge on any atom is 0.433 e. The number of carbonyl (C=O) groups is 1. The number of carbonyl (C=O) groups excluding carboxylic acids is 1. The van der Waals surface area contributed by atoms with Gasteiger partial charge in [0.05, 0.1) is 23.0 Å². The summed E-state index contributed by atoms with van der Waals surface area (Å²) < 4.78 is 16.1. The normalized spacial score (nSPS) is 10.6. The Morgan fingerprint density at radius 3 is 2.88 bits per heavy atom. The van der Waals surface area contributed by atoms with Gasteiger partial charge in [-0.1, -0.05) is 0 Å². The van der Waals surface area contributed by atoms with Gasteiger partial charge >= 0.3 is 5.88 Å². The molecule has 0 radical (unpaired) electrons. The van der Waals surface area contributed by atoms with Gasteiger partial charge < -0.3 is 13.9 Å². The Kier molecular flexibility index (Phi) is 6.12. The molecule has 0 aliphatic rings. The summed E-state index contributed by atoms with van der Waals surface area (Å²) in [5.74, 6) is 0.484. The number of hydrazone groups is 1. The van der Waals surface area contributed by atoms with Gasteiger partial charge in [-0.2, -0.15) is 5.10 Å². The van der Waals surface area contributed by atoms with Crippen LogP contribution in [0.2, 0.25) is 0 Å². The highest BCUT2D eigenvalue weighted by atomic mass is 127. The maximum atomic E-state index is 11.6. The summed E-state index contributed by atoms with van der Waals surface area (Å²) in [5, 5.41) is 14.1. The molecule has 0 spiro atoms. The molecule has 0 aliphatic heterocycles. The van der Waals surface area contributed by atoms with Crippen molar-refractivity contribution in [2.24, 2.45) is 5.10 Å². The van der Waals surface area contributed by atoms with E-state index in [1.807, 2.05) is 0 Å². The predicted octanol–water partition coefficient (Wildman–Crippen LogP) is 2.33. The third-order valence-corrected chi connectivity index (χ3v) is 3.51. The van der Waals surface area contributed by atoms with E-state index in [0.717, 1.165) is 9.78 Å². The molecule has 0 saturated carbocycles. The largest absolute Gasteiger partial charge is 0.497 e. The van der Waals surface area contributed by atoms with Crippen LogP contribution in [0.15, 0.2) is 39.9 Å². The van der Waals surface area contributed by atoms with E-state index in [-0.39, 0.29) is 12.4 Å². The zero-order valence-corrected chi connectivity index (χ0v) is 14.6. The number of nitrogens with zero attached hydrogens (tertiary/aromatic N) is 2. The van der Waals surface area contributed by atoms with E-state index < -0.39 is 16.7 Å². The van der Waals surface area contributed by atoms with E-state index in [4.69, 9.17) is 13.9 Å². The van der Waals surface area contributed by atoms with Gasteiger partial charge in [0.2, 0.25) is 0 Å². The lowest BCUT2D eigenvalue weighted by Crippen LogP contribution is -2.24. The molecular formula is C14H12IN3O6. The Hall–Kier alpha value is -2.63. The number of nitro groups is 1. The van der Waals surface area contributed by atoms with Crippen LogP contribution in [0, 0.1) is 13.7 Å². The zero-order valence-electron chi connectivity index (χ0n) is 12.4. The monoisotopic (exact) mass is 445 g/mol. The van der Waals surface area contributed by atoms with Crippen molar-refractivity contribution >= 4 is 40.6 Å². The van der Waals surface area contributed by atoms with Gasteiger partial charge in [-0.3, -0.25) is 14.9 Å². The molecule has 0 unspecified atom stereocenters. The number of furan rings is 1. The molecule has 1 heterocycles. The van der Waals surface area contributed by atoms with E-state index in [2.05, 4.69) is 33.1 Å². The first kappa shape index (κ1) is 17.7. The van der Waals surface area contributed by atoms with Crippen molar-refractivity contribution < 1.29 is 23.6 Å². The molecule has 24 heavy (non-hydrogen) atoms. The smallest absolute Gasteiger partial charge is 0.433 e. The molecule has 10 heteroatoms. The number of hydrogen-bond donors (Lipinski definition) is 1. The van der Waals surface area contributed by atoms with Gasteiger partial charge in [-0.15, -0.1) is 0 Å². The second kappa shape index (κ2) is 8.29. The van der Waals surface area contributed by atoms with Crippen molar-refractivity contribution in [1.82, 2.24) is 5.43 Å². The van der Waals surface area contributed by atoms with Crippen molar-refractivity contribution in [2.45, 2.75) is 0 Å². The Labute approximate surface area is 149 Å². The lowest BCUT2D eigenvalue weighted by molar-refractivity contribution is -0.402. The van der Waals surface area contributed by atoms with Crippen LogP contribution in [0.3, 0.4) is 0 Å². The van der Waals surface area contributed by atoms with Crippen LogP contribution in [0.25, 0.3) is 0 Å². The number of methoxy groups -OCH3 is 1. The Balaban J connectivity index is 1.82. The highest BCUT2D eigenvalue weighted by Gasteiger charge is 2.10. The van der Waals surface area contributed by atoms with Crippen LogP contribution >= 0.6 is 22.6 Å². The number of halogens is 1. The van der Waals surface area contributed by atoms with Gasteiger partial charge in [0.15, 0.2) is 12.4 Å². The molecule has 1 aromatic heterocycles. The summed E-state index contributed by atoms with van der Waals surface area (Å²) in [4.78, 5) is 21.4. The molecule has 0 aliphatic carbocycles. The average Bonchev–Trinajstić information content (AvgIpc) is 3.02. The molecule has 0 atom stereocenters. The van der Waals surface area contributed by atoms with Crippen LogP contribution in [0.5, 0.6) is 11.5 Å². The molecule has 0 saturated heterocycles. The minimum atomic E-state index is -0.666. The lowest BCUT2D eigenvalue weighted by Gasteiger charge is -2.08. The number of ether oxygens (including phenoxy) is 2. The minimum absolute atomic E-state index is 0.146. The molecule has 0 fully saturated rings. The number of benzene rings is 1. The second-order valence-electron chi connectivity index (χ2n) is 4.31. The van der Waals surface area contributed by atoms with Crippen molar-refractivity contribution in [3.8, 4) is 11.5 Å². The molecule has 1 N–H and O–H groups in total. The molecule has 126 valence electrons. The molecular weight excluding hydrogens is 433 g/mol. The molecule has 1 aromatic carbocycles. The fraction of sp³-hybridized carbons (Fsp3) is 0.143. The third-order valence-electron chi connectivity index (χ3n) is 2.67. The van der Waals surface area contributed by atoms with Gasteiger partial charge in [-0.05, 0) is 46.9 Å². The highest BCUT2D eigenvalue weighted by molar-refractivity contribution is 14.1. The second-order valence-corrected chi connectivity index (χ2v) is 5.47. The summed E-state index contributed by atoms with van der Waals surface area (Å²) in [7, 11) is 1.56. The van der Waals surface area contributed by atoms with Gasteiger partial charge in [-0.25, -0.2) is 5.43 Å². The van der Waals surface area contributed by atoms with E-state index >= 15 is 0 Å². The van der Waals surface area contributed by atoms with Crippen molar-refractivity contribution in [2.75, 3.05) is 13.7 Å². The number of amides is 1. The fourth-order valence-electron chi connectivity index (χ4n) is 1.58. The fourth-order valence-corrected chi connectivity index (χ4v) is 2.22. The average molecular weight is 445 g/mol. The van der Waals surface area contributed by atoms with E-state index in [1.54, 1.807) is 25.3 Å². The SMILES string of the molecule is COc1ccc(OCC(=O)NN=Cc2ccc([N+](=O)[O-])o2)c(I)c1. The Bertz CT molecular complexity index is 774. The van der Waals surface area contributed by atoms with Crippen LogP contribution in [-0.4, -0.2) is 30.8 Å². The number of rotatable bonds is 7. The Morgan fingerprint density at radius 2 is 2.25 bits per heavy atom. The van der Waals surface area contributed by atoms with E-state index in [9.17, 15) is 14.9 Å². The van der Waals surface area contributed by atoms with Crippen molar-refractivity contribution in [1.29, 1.82) is 0 Å². The summed E-state index contributed by atoms with van der Waals surface area (Å²) in [5.41, 5.74) is 2.23. The molecule has 2 aromatic rings.